The molecule has 8 rings (SSSR count). The molecule has 0 aliphatic rings. The standard InChI is InChI=1S/C43H29N3/c1-3-9-35(10-4-1)41-29-42(46-43(45-41)37-11-5-2-6-12-37)36-25-21-33(22-26-36)31-17-15-30(16-18-31)32-19-23-34(24-20-32)38-27-28-44-40-14-8-7-13-39(38)40/h1-29H. The van der Waals surface area contributed by atoms with Crippen molar-refractivity contribution in [2.24, 2.45) is 0 Å². The van der Waals surface area contributed by atoms with Gasteiger partial charge in [-0.1, -0.05) is 152 Å². The summed E-state index contributed by atoms with van der Waals surface area (Å²) in [4.78, 5) is 14.4. The van der Waals surface area contributed by atoms with Crippen LogP contribution in [0, 0.1) is 0 Å². The van der Waals surface area contributed by atoms with Crippen molar-refractivity contribution in [1.82, 2.24) is 15.0 Å². The van der Waals surface area contributed by atoms with Crippen molar-refractivity contribution in [3.8, 4) is 67.3 Å². The Morgan fingerprint density at radius 2 is 0.761 bits per heavy atom. The molecule has 0 saturated heterocycles. The second-order valence-corrected chi connectivity index (χ2v) is 11.3. The van der Waals surface area contributed by atoms with Gasteiger partial charge in [-0.3, -0.25) is 4.98 Å². The molecule has 216 valence electrons. The predicted molar refractivity (Wildman–Crippen MR) is 190 cm³/mol. The molecule has 6 aromatic carbocycles. The SMILES string of the molecule is c1ccc(-c2cc(-c3ccc(-c4ccc(-c5ccc(-c6ccnc7ccccc67)cc5)cc4)cc3)nc(-c3ccccc3)n2)cc1. The fourth-order valence-corrected chi connectivity index (χ4v) is 5.95. The average molecular weight is 588 g/mol. The summed E-state index contributed by atoms with van der Waals surface area (Å²) in [5.41, 5.74) is 13.1. The highest BCUT2D eigenvalue weighted by Crippen LogP contribution is 2.32. The number of benzene rings is 6. The lowest BCUT2D eigenvalue weighted by Gasteiger charge is -2.10. The number of rotatable bonds is 6. The third kappa shape index (κ3) is 5.47. The van der Waals surface area contributed by atoms with Gasteiger partial charge in [-0.25, -0.2) is 9.97 Å². The Morgan fingerprint density at radius 1 is 0.326 bits per heavy atom. The molecule has 46 heavy (non-hydrogen) atoms. The summed E-state index contributed by atoms with van der Waals surface area (Å²) in [6.07, 6.45) is 1.88. The number of para-hydroxylation sites is 1. The topological polar surface area (TPSA) is 38.7 Å². The van der Waals surface area contributed by atoms with E-state index in [1.807, 2.05) is 48.7 Å². The molecule has 0 amide bonds. The van der Waals surface area contributed by atoms with Crippen LogP contribution in [-0.4, -0.2) is 15.0 Å². The van der Waals surface area contributed by atoms with Gasteiger partial charge < -0.3 is 0 Å². The van der Waals surface area contributed by atoms with E-state index in [4.69, 9.17) is 9.97 Å². The number of aromatic nitrogens is 3. The minimum atomic E-state index is 0.721. The van der Waals surface area contributed by atoms with Gasteiger partial charge in [0.05, 0.1) is 16.9 Å². The molecule has 0 unspecified atom stereocenters. The summed E-state index contributed by atoms with van der Waals surface area (Å²) >= 11 is 0. The van der Waals surface area contributed by atoms with Crippen LogP contribution in [0.25, 0.3) is 78.2 Å². The highest BCUT2D eigenvalue weighted by Gasteiger charge is 2.11. The lowest BCUT2D eigenvalue weighted by Crippen LogP contribution is -1.95. The highest BCUT2D eigenvalue weighted by molar-refractivity contribution is 5.94. The Hall–Kier alpha value is -6.19. The van der Waals surface area contributed by atoms with Gasteiger partial charge in [0.1, 0.15) is 0 Å². The maximum absolute atomic E-state index is 4.97. The quantitative estimate of drug-likeness (QED) is 0.194. The van der Waals surface area contributed by atoms with E-state index in [1.54, 1.807) is 0 Å². The van der Waals surface area contributed by atoms with Crippen LogP contribution in [0.4, 0.5) is 0 Å². The normalized spacial score (nSPS) is 11.0. The average Bonchev–Trinajstić information content (AvgIpc) is 3.15. The van der Waals surface area contributed by atoms with E-state index in [0.29, 0.717) is 0 Å². The number of nitrogens with zero attached hydrogens (tertiary/aromatic N) is 3. The summed E-state index contributed by atoms with van der Waals surface area (Å²) in [6.45, 7) is 0. The number of hydrogen-bond acceptors (Lipinski definition) is 3. The van der Waals surface area contributed by atoms with Crippen LogP contribution in [0.3, 0.4) is 0 Å². The van der Waals surface area contributed by atoms with Crippen molar-refractivity contribution >= 4 is 10.9 Å². The summed E-state index contributed by atoms with van der Waals surface area (Å²) in [5, 5.41) is 1.17. The van der Waals surface area contributed by atoms with Crippen LogP contribution < -0.4 is 0 Å². The lowest BCUT2D eigenvalue weighted by atomic mass is 9.96. The molecule has 3 heteroatoms. The van der Waals surface area contributed by atoms with Gasteiger partial charge in [-0.2, -0.15) is 0 Å². The maximum Gasteiger partial charge on any atom is 0.160 e. The van der Waals surface area contributed by atoms with Crippen molar-refractivity contribution in [3.63, 3.8) is 0 Å². The molecule has 0 radical (unpaired) electrons. The highest BCUT2D eigenvalue weighted by atomic mass is 14.9. The largest absolute Gasteiger partial charge is 0.256 e. The zero-order valence-electron chi connectivity index (χ0n) is 25.1. The third-order valence-electron chi connectivity index (χ3n) is 8.40. The van der Waals surface area contributed by atoms with E-state index < -0.39 is 0 Å². The molecule has 8 aromatic rings. The molecule has 0 fully saturated rings. The first kappa shape index (κ1) is 27.4. The van der Waals surface area contributed by atoms with Crippen LogP contribution >= 0.6 is 0 Å². The molecule has 2 heterocycles. The first-order valence-electron chi connectivity index (χ1n) is 15.4. The number of hydrogen-bond donors (Lipinski definition) is 0. The summed E-state index contributed by atoms with van der Waals surface area (Å²) in [5.74, 6) is 0.721. The van der Waals surface area contributed by atoms with Gasteiger partial charge in [0.15, 0.2) is 5.82 Å². The van der Waals surface area contributed by atoms with Gasteiger partial charge in [0.25, 0.3) is 0 Å². The molecule has 3 nitrogen and oxygen atoms in total. The first-order valence-corrected chi connectivity index (χ1v) is 15.4. The van der Waals surface area contributed by atoms with Crippen LogP contribution in [0.1, 0.15) is 0 Å². The van der Waals surface area contributed by atoms with Gasteiger partial charge in [0.2, 0.25) is 0 Å². The summed E-state index contributed by atoms with van der Waals surface area (Å²) in [6, 6.07) is 59.1. The van der Waals surface area contributed by atoms with E-state index in [2.05, 4.69) is 132 Å². The molecule has 0 N–H and O–H groups in total. The Morgan fingerprint density at radius 3 is 1.33 bits per heavy atom. The molecular formula is C43H29N3. The maximum atomic E-state index is 4.97. The smallest absolute Gasteiger partial charge is 0.160 e. The van der Waals surface area contributed by atoms with Crippen molar-refractivity contribution < 1.29 is 0 Å². The lowest BCUT2D eigenvalue weighted by molar-refractivity contribution is 1.18. The van der Waals surface area contributed by atoms with Gasteiger partial charge in [-0.05, 0) is 51.6 Å². The van der Waals surface area contributed by atoms with E-state index in [0.717, 1.165) is 45.0 Å². The Balaban J connectivity index is 1.05. The van der Waals surface area contributed by atoms with Crippen molar-refractivity contribution in [2.45, 2.75) is 0 Å². The minimum Gasteiger partial charge on any atom is -0.256 e. The molecule has 0 aliphatic carbocycles. The monoisotopic (exact) mass is 587 g/mol. The second kappa shape index (κ2) is 12.1. The third-order valence-corrected chi connectivity index (χ3v) is 8.40. The summed E-state index contributed by atoms with van der Waals surface area (Å²) in [7, 11) is 0. The Labute approximate surface area is 268 Å². The fourth-order valence-electron chi connectivity index (χ4n) is 5.95. The zero-order chi connectivity index (χ0) is 30.7. The van der Waals surface area contributed by atoms with Gasteiger partial charge >= 0.3 is 0 Å². The number of pyridine rings is 1. The van der Waals surface area contributed by atoms with E-state index in [-0.39, 0.29) is 0 Å². The van der Waals surface area contributed by atoms with Crippen molar-refractivity contribution in [3.05, 3.63) is 176 Å². The Bertz CT molecular complexity index is 2200. The zero-order valence-corrected chi connectivity index (χ0v) is 25.1. The van der Waals surface area contributed by atoms with Crippen LogP contribution in [0.2, 0.25) is 0 Å². The molecule has 0 bridgehead atoms. The molecule has 0 aliphatic heterocycles. The predicted octanol–water partition coefficient (Wildman–Crippen LogP) is 11.0. The molecule has 0 spiro atoms. The molecule has 0 saturated carbocycles. The van der Waals surface area contributed by atoms with E-state index in [9.17, 15) is 0 Å². The number of fused-ring (bicyclic) bond motifs is 1. The first-order chi connectivity index (χ1) is 22.8. The summed E-state index contributed by atoms with van der Waals surface area (Å²) < 4.78 is 0. The van der Waals surface area contributed by atoms with E-state index >= 15 is 0 Å². The van der Waals surface area contributed by atoms with Gasteiger partial charge in [-0.15, -0.1) is 0 Å². The van der Waals surface area contributed by atoms with Crippen LogP contribution in [0.5, 0.6) is 0 Å². The fraction of sp³-hybridized carbons (Fsp3) is 0. The van der Waals surface area contributed by atoms with Crippen LogP contribution in [0.15, 0.2) is 176 Å². The van der Waals surface area contributed by atoms with E-state index in [1.165, 1.54) is 33.2 Å². The molecular weight excluding hydrogens is 558 g/mol. The molecule has 2 aromatic heterocycles. The Kier molecular flexibility index (Phi) is 7.18. The second-order valence-electron chi connectivity index (χ2n) is 11.3. The van der Waals surface area contributed by atoms with Crippen LogP contribution in [-0.2, 0) is 0 Å². The van der Waals surface area contributed by atoms with Crippen molar-refractivity contribution in [2.75, 3.05) is 0 Å². The molecule has 0 atom stereocenters. The van der Waals surface area contributed by atoms with Gasteiger partial charge in [0, 0.05) is 28.3 Å². The van der Waals surface area contributed by atoms with Crippen molar-refractivity contribution in [1.29, 1.82) is 0 Å². The minimum absolute atomic E-state index is 0.721.